The van der Waals surface area contributed by atoms with Gasteiger partial charge in [-0.05, 0) is 132 Å². The molecule has 4 aliphatic heterocycles. The van der Waals surface area contributed by atoms with Crippen molar-refractivity contribution in [1.82, 2.24) is 39.2 Å². The van der Waals surface area contributed by atoms with Crippen LogP contribution in [0, 0.1) is 0 Å². The molecule has 0 spiro atoms. The first kappa shape index (κ1) is 44.4. The molecule has 0 aromatic heterocycles. The van der Waals surface area contributed by atoms with E-state index in [0.717, 1.165) is 99.0 Å². The molecule has 0 aromatic rings. The molecular formula is C32H64N8PtS4. The Morgan fingerprint density at radius 3 is 0.600 bits per heavy atom. The molecule has 4 saturated heterocycles. The minimum Gasteiger partial charge on any atom is -0.348 e. The van der Waals surface area contributed by atoms with Crippen LogP contribution in [0.5, 0.6) is 0 Å². The molecule has 45 heavy (non-hydrogen) atoms. The van der Waals surface area contributed by atoms with E-state index in [4.69, 9.17) is 48.9 Å². The summed E-state index contributed by atoms with van der Waals surface area (Å²) in [5.74, 6) is 0. The molecule has 0 bridgehead atoms. The largest absolute Gasteiger partial charge is 0.348 e. The molecular weight excluding hydrogens is 820 g/mol. The predicted octanol–water partition coefficient (Wildman–Crippen LogP) is 5.27. The number of rotatable bonds is 8. The second kappa shape index (κ2) is 22.2. The van der Waals surface area contributed by atoms with E-state index in [1.807, 2.05) is 0 Å². The number of hydrogen-bond donors (Lipinski definition) is 0. The van der Waals surface area contributed by atoms with Crippen molar-refractivity contribution in [2.45, 2.75) is 107 Å². The van der Waals surface area contributed by atoms with Gasteiger partial charge in [0.1, 0.15) is 0 Å². The number of hydrogen-bond acceptors (Lipinski definition) is 4. The van der Waals surface area contributed by atoms with Gasteiger partial charge in [-0.15, -0.1) is 0 Å². The maximum Gasteiger partial charge on any atom is 0.171 e. The minimum absolute atomic E-state index is 0. The summed E-state index contributed by atoms with van der Waals surface area (Å²) in [5, 5.41) is 4.12. The van der Waals surface area contributed by atoms with Crippen molar-refractivity contribution in [3.63, 3.8) is 0 Å². The van der Waals surface area contributed by atoms with Crippen LogP contribution in [0.3, 0.4) is 0 Å². The van der Waals surface area contributed by atoms with Gasteiger partial charge in [0.25, 0.3) is 0 Å². The van der Waals surface area contributed by atoms with Crippen LogP contribution in [-0.2, 0) is 21.1 Å². The summed E-state index contributed by atoms with van der Waals surface area (Å²) in [7, 11) is 0. The zero-order chi connectivity index (χ0) is 33.7. The van der Waals surface area contributed by atoms with Gasteiger partial charge in [-0.3, -0.25) is 0 Å². The van der Waals surface area contributed by atoms with Crippen molar-refractivity contribution in [3.8, 4) is 0 Å². The molecule has 4 heterocycles. The van der Waals surface area contributed by atoms with Crippen LogP contribution in [0.4, 0.5) is 0 Å². The third-order valence-electron chi connectivity index (χ3n) is 8.53. The van der Waals surface area contributed by atoms with Gasteiger partial charge >= 0.3 is 0 Å². The second-order valence-corrected chi connectivity index (χ2v) is 14.1. The van der Waals surface area contributed by atoms with Crippen molar-refractivity contribution >= 4 is 69.3 Å². The molecule has 0 radical (unpaired) electrons. The quantitative estimate of drug-likeness (QED) is 0.298. The van der Waals surface area contributed by atoms with Gasteiger partial charge in [-0.25, -0.2) is 0 Å². The van der Waals surface area contributed by atoms with E-state index in [0.29, 0.717) is 24.2 Å². The molecule has 13 heteroatoms. The zero-order valence-corrected chi connectivity index (χ0v) is 35.9. The Morgan fingerprint density at radius 1 is 0.378 bits per heavy atom. The molecule has 4 rings (SSSR count). The van der Waals surface area contributed by atoms with Gasteiger partial charge in [0.15, 0.2) is 20.4 Å². The summed E-state index contributed by atoms with van der Waals surface area (Å²) in [6, 6.07) is 2.22. The molecule has 8 nitrogen and oxygen atoms in total. The Kier molecular flexibility index (Phi) is 21.9. The molecule has 0 aliphatic carbocycles. The molecule has 0 saturated carbocycles. The average molecular weight is 884 g/mol. The van der Waals surface area contributed by atoms with Crippen LogP contribution in [0.2, 0.25) is 0 Å². The Balaban J connectivity index is 0.000000569. The predicted molar refractivity (Wildman–Crippen MR) is 207 cm³/mol. The van der Waals surface area contributed by atoms with Crippen molar-refractivity contribution in [3.05, 3.63) is 0 Å². The zero-order valence-electron chi connectivity index (χ0n) is 30.3. The first-order valence-corrected chi connectivity index (χ1v) is 18.5. The van der Waals surface area contributed by atoms with E-state index >= 15 is 0 Å². The molecule has 0 atom stereocenters. The van der Waals surface area contributed by atoms with Gasteiger partial charge in [0, 0.05) is 124 Å². The fraction of sp³-hybridized carbons (Fsp3) is 0.875. The smallest absolute Gasteiger partial charge is 0.171 e. The van der Waals surface area contributed by atoms with E-state index in [1.54, 1.807) is 0 Å². The van der Waals surface area contributed by atoms with Crippen LogP contribution < -0.4 is 0 Å². The summed E-state index contributed by atoms with van der Waals surface area (Å²) in [6.45, 7) is 39.1. The van der Waals surface area contributed by atoms with Crippen LogP contribution in [0.1, 0.15) is 83.1 Å². The van der Waals surface area contributed by atoms with Gasteiger partial charge in [-0.2, -0.15) is 0 Å². The first-order chi connectivity index (χ1) is 20.7. The Bertz CT molecular complexity index is 776. The summed E-state index contributed by atoms with van der Waals surface area (Å²) >= 11 is 21.2. The molecule has 0 N–H and O–H groups in total. The fourth-order valence-electron chi connectivity index (χ4n) is 5.50. The molecule has 266 valence electrons. The van der Waals surface area contributed by atoms with E-state index in [9.17, 15) is 0 Å². The first-order valence-electron chi connectivity index (χ1n) is 16.9. The average Bonchev–Trinajstić information content (AvgIpc) is 3.74. The SMILES string of the molecule is CCN1CCN(C(C)C)C1=S.CCN1CCN(C(C)C)C1=S.CCN1CCN(C(C)C)C1=S.CCN1CCN(C(C)C)C1=S.[Pt]. The Labute approximate surface area is 313 Å². The van der Waals surface area contributed by atoms with Gasteiger partial charge in [0.05, 0.1) is 0 Å². The summed E-state index contributed by atoms with van der Waals surface area (Å²) in [5.41, 5.74) is 0. The third kappa shape index (κ3) is 13.1. The van der Waals surface area contributed by atoms with E-state index in [1.165, 1.54) is 0 Å². The van der Waals surface area contributed by atoms with Crippen LogP contribution in [0.15, 0.2) is 0 Å². The second-order valence-electron chi connectivity index (χ2n) is 12.6. The van der Waals surface area contributed by atoms with E-state index < -0.39 is 0 Å². The number of nitrogens with zero attached hydrogens (tertiary/aromatic N) is 8. The molecule has 0 unspecified atom stereocenters. The van der Waals surface area contributed by atoms with E-state index in [2.05, 4.69) is 122 Å². The van der Waals surface area contributed by atoms with Gasteiger partial charge < -0.3 is 39.2 Å². The molecule has 0 amide bonds. The molecule has 4 fully saturated rings. The van der Waals surface area contributed by atoms with Crippen LogP contribution >= 0.6 is 48.9 Å². The maximum absolute atomic E-state index is 5.29. The summed E-state index contributed by atoms with van der Waals surface area (Å²) in [6.07, 6.45) is 0. The Hall–Kier alpha value is -0.552. The summed E-state index contributed by atoms with van der Waals surface area (Å²) < 4.78 is 0. The maximum atomic E-state index is 5.29. The van der Waals surface area contributed by atoms with Crippen molar-refractivity contribution in [2.75, 3.05) is 78.5 Å². The number of likely N-dealkylation sites (N-methyl/N-ethyl adjacent to an activating group) is 4. The van der Waals surface area contributed by atoms with Crippen LogP contribution in [-0.4, -0.2) is 162 Å². The van der Waals surface area contributed by atoms with Crippen molar-refractivity contribution in [1.29, 1.82) is 0 Å². The van der Waals surface area contributed by atoms with Crippen molar-refractivity contribution < 1.29 is 21.1 Å². The van der Waals surface area contributed by atoms with E-state index in [-0.39, 0.29) is 21.1 Å². The topological polar surface area (TPSA) is 25.9 Å². The molecule has 4 aliphatic rings. The Morgan fingerprint density at radius 2 is 0.533 bits per heavy atom. The van der Waals surface area contributed by atoms with Crippen molar-refractivity contribution in [2.24, 2.45) is 0 Å². The molecule has 0 aromatic carbocycles. The minimum atomic E-state index is 0. The summed E-state index contributed by atoms with van der Waals surface area (Å²) in [4.78, 5) is 18.1. The van der Waals surface area contributed by atoms with Crippen LogP contribution in [0.25, 0.3) is 0 Å². The monoisotopic (exact) mass is 883 g/mol. The normalized spacial score (nSPS) is 18.3. The third-order valence-corrected chi connectivity index (χ3v) is 10.5. The fourth-order valence-corrected chi connectivity index (χ4v) is 7.59. The number of thiocarbonyl (C=S) groups is 4. The van der Waals surface area contributed by atoms with Gasteiger partial charge in [0.2, 0.25) is 0 Å². The standard InChI is InChI=1S/4C8H16N2S.Pt/c4*1-4-9-5-6-10(7(2)3)8(9)11;/h4*7H,4-6H2,1-3H3;. The van der Waals surface area contributed by atoms with Gasteiger partial charge in [-0.1, -0.05) is 0 Å².